The molecule has 2 heterocycles. The smallest absolute Gasteiger partial charge is 0.274 e. The van der Waals surface area contributed by atoms with Gasteiger partial charge in [-0.25, -0.2) is 9.97 Å². The molecule has 23 heavy (non-hydrogen) atoms. The molecule has 0 aliphatic carbocycles. The molecule has 0 saturated carbocycles. The lowest BCUT2D eigenvalue weighted by molar-refractivity contribution is 0.0785. The topological polar surface area (TPSA) is 98.1 Å². The Labute approximate surface area is 143 Å². The van der Waals surface area contributed by atoms with Gasteiger partial charge in [-0.1, -0.05) is 35.3 Å². The molecule has 1 aliphatic heterocycles. The molecule has 1 aromatic heterocycles. The van der Waals surface area contributed by atoms with E-state index >= 15 is 0 Å². The number of carbonyl (C=O) groups is 1. The summed E-state index contributed by atoms with van der Waals surface area (Å²) in [5.41, 5.74) is 12.9. The van der Waals surface area contributed by atoms with Crippen LogP contribution in [-0.2, 0) is 0 Å². The Kier molecular flexibility index (Phi) is 4.39. The van der Waals surface area contributed by atoms with E-state index in [4.69, 9.17) is 34.7 Å². The number of nitrogen functional groups attached to an aromatic ring is 1. The molecule has 120 valence electrons. The predicted molar refractivity (Wildman–Crippen MR) is 90.4 cm³/mol. The Morgan fingerprint density at radius 3 is 2.78 bits per heavy atom. The first-order chi connectivity index (χ1) is 11.0. The van der Waals surface area contributed by atoms with Gasteiger partial charge in [0.1, 0.15) is 11.4 Å². The van der Waals surface area contributed by atoms with Crippen molar-refractivity contribution >= 4 is 34.9 Å². The van der Waals surface area contributed by atoms with Crippen molar-refractivity contribution in [1.82, 2.24) is 14.9 Å². The first kappa shape index (κ1) is 16.0. The third kappa shape index (κ3) is 3.10. The molecule has 2 aromatic rings. The average molecular weight is 352 g/mol. The zero-order valence-corrected chi connectivity index (χ0v) is 13.7. The van der Waals surface area contributed by atoms with Crippen LogP contribution in [0.25, 0.3) is 11.3 Å². The maximum atomic E-state index is 12.4. The lowest BCUT2D eigenvalue weighted by atomic mass is 10.1. The molecule has 1 amide bonds. The van der Waals surface area contributed by atoms with Crippen LogP contribution in [0.1, 0.15) is 16.9 Å². The first-order valence-electron chi connectivity index (χ1n) is 7.09. The Balaban J connectivity index is 1.92. The molecule has 4 N–H and O–H groups in total. The van der Waals surface area contributed by atoms with Crippen LogP contribution in [0.3, 0.4) is 0 Å². The number of anilines is 1. The van der Waals surface area contributed by atoms with E-state index in [2.05, 4.69) is 9.97 Å². The summed E-state index contributed by atoms with van der Waals surface area (Å²) in [6.07, 6.45) is 2.18. The van der Waals surface area contributed by atoms with Crippen molar-refractivity contribution < 1.29 is 4.79 Å². The lowest BCUT2D eigenvalue weighted by Crippen LogP contribution is -2.32. The SMILES string of the molecule is Nc1nc(C(=O)N2CCC(N)C2)cnc1-c1cccc(Cl)c1Cl. The number of aromatic nitrogens is 2. The molecule has 1 unspecified atom stereocenters. The molecule has 0 radical (unpaired) electrons. The maximum Gasteiger partial charge on any atom is 0.274 e. The minimum atomic E-state index is -0.221. The normalized spacial score (nSPS) is 17.5. The number of halogens is 2. The quantitative estimate of drug-likeness (QED) is 0.864. The molecule has 0 spiro atoms. The van der Waals surface area contributed by atoms with Crippen molar-refractivity contribution in [3.63, 3.8) is 0 Å². The van der Waals surface area contributed by atoms with Crippen LogP contribution in [0.4, 0.5) is 5.82 Å². The zero-order valence-electron chi connectivity index (χ0n) is 12.2. The van der Waals surface area contributed by atoms with Crippen molar-refractivity contribution in [2.24, 2.45) is 5.73 Å². The largest absolute Gasteiger partial charge is 0.382 e. The number of likely N-dealkylation sites (tertiary alicyclic amines) is 1. The number of hydrogen-bond donors (Lipinski definition) is 2. The summed E-state index contributed by atoms with van der Waals surface area (Å²) in [4.78, 5) is 22.5. The summed E-state index contributed by atoms with van der Waals surface area (Å²) < 4.78 is 0. The minimum Gasteiger partial charge on any atom is -0.382 e. The van der Waals surface area contributed by atoms with Gasteiger partial charge in [0, 0.05) is 24.7 Å². The van der Waals surface area contributed by atoms with Gasteiger partial charge in [0.2, 0.25) is 0 Å². The third-order valence-electron chi connectivity index (χ3n) is 3.74. The molecule has 6 nitrogen and oxygen atoms in total. The van der Waals surface area contributed by atoms with Crippen LogP contribution in [0.15, 0.2) is 24.4 Å². The summed E-state index contributed by atoms with van der Waals surface area (Å²) in [5, 5.41) is 0.747. The Morgan fingerprint density at radius 1 is 1.35 bits per heavy atom. The summed E-state index contributed by atoms with van der Waals surface area (Å²) in [5.74, 6) is -0.0931. The minimum absolute atomic E-state index is 0.00814. The number of amides is 1. The fourth-order valence-corrected chi connectivity index (χ4v) is 2.92. The summed E-state index contributed by atoms with van der Waals surface area (Å²) in [6.45, 7) is 1.13. The molecular formula is C15H15Cl2N5O. The van der Waals surface area contributed by atoms with Crippen molar-refractivity contribution in [2.45, 2.75) is 12.5 Å². The zero-order chi connectivity index (χ0) is 16.6. The molecule has 1 atom stereocenters. The van der Waals surface area contributed by atoms with Gasteiger partial charge in [-0.2, -0.15) is 0 Å². The van der Waals surface area contributed by atoms with Crippen LogP contribution >= 0.6 is 23.2 Å². The molecule has 3 rings (SSSR count). The highest BCUT2D eigenvalue weighted by Gasteiger charge is 2.26. The van der Waals surface area contributed by atoms with Gasteiger partial charge in [-0.15, -0.1) is 0 Å². The number of carbonyl (C=O) groups excluding carboxylic acids is 1. The van der Waals surface area contributed by atoms with E-state index in [1.165, 1.54) is 6.20 Å². The summed E-state index contributed by atoms with van der Waals surface area (Å²) >= 11 is 12.2. The van der Waals surface area contributed by atoms with Gasteiger partial charge >= 0.3 is 0 Å². The molecular weight excluding hydrogens is 337 g/mol. The van der Waals surface area contributed by atoms with Crippen LogP contribution in [0, 0.1) is 0 Å². The third-order valence-corrected chi connectivity index (χ3v) is 4.56. The van der Waals surface area contributed by atoms with Crippen molar-refractivity contribution in [2.75, 3.05) is 18.8 Å². The molecule has 1 fully saturated rings. The number of hydrogen-bond acceptors (Lipinski definition) is 5. The van der Waals surface area contributed by atoms with Crippen molar-refractivity contribution in [1.29, 1.82) is 0 Å². The van der Waals surface area contributed by atoms with E-state index in [0.717, 1.165) is 6.42 Å². The molecule has 1 saturated heterocycles. The van der Waals surface area contributed by atoms with Gasteiger partial charge < -0.3 is 16.4 Å². The van der Waals surface area contributed by atoms with Crippen molar-refractivity contribution in [3.8, 4) is 11.3 Å². The predicted octanol–water partition coefficient (Wildman–Crippen LogP) is 2.21. The standard InChI is InChI=1S/C15H15Cl2N5O/c16-10-3-1-2-9(12(10)17)13-14(19)21-11(6-20-13)15(23)22-5-4-8(18)7-22/h1-3,6,8H,4-5,7,18H2,(H2,19,21). The van der Waals surface area contributed by atoms with E-state index in [1.807, 2.05) is 0 Å². The number of benzene rings is 1. The fraction of sp³-hybridized carbons (Fsp3) is 0.267. The monoisotopic (exact) mass is 351 g/mol. The maximum absolute atomic E-state index is 12.4. The van der Waals surface area contributed by atoms with E-state index in [-0.39, 0.29) is 23.5 Å². The van der Waals surface area contributed by atoms with Gasteiger partial charge in [-0.05, 0) is 12.5 Å². The molecule has 0 bridgehead atoms. The second kappa shape index (κ2) is 6.31. The van der Waals surface area contributed by atoms with Crippen LogP contribution < -0.4 is 11.5 Å². The van der Waals surface area contributed by atoms with Gasteiger partial charge in [-0.3, -0.25) is 4.79 Å². The molecule has 8 heteroatoms. The fourth-order valence-electron chi connectivity index (χ4n) is 2.53. The second-order valence-corrected chi connectivity index (χ2v) is 6.18. The lowest BCUT2D eigenvalue weighted by Gasteiger charge is -2.15. The summed E-state index contributed by atoms with van der Waals surface area (Å²) in [6, 6.07) is 5.17. The highest BCUT2D eigenvalue weighted by atomic mass is 35.5. The number of nitrogens with two attached hydrogens (primary N) is 2. The van der Waals surface area contributed by atoms with E-state index < -0.39 is 0 Å². The second-order valence-electron chi connectivity index (χ2n) is 5.39. The van der Waals surface area contributed by atoms with Crippen molar-refractivity contribution in [3.05, 3.63) is 40.1 Å². The first-order valence-corrected chi connectivity index (χ1v) is 7.84. The van der Waals surface area contributed by atoms with Crippen LogP contribution in [0.5, 0.6) is 0 Å². The van der Waals surface area contributed by atoms with Crippen LogP contribution in [-0.4, -0.2) is 39.9 Å². The van der Waals surface area contributed by atoms with Gasteiger partial charge in [0.25, 0.3) is 5.91 Å². The van der Waals surface area contributed by atoms with E-state index in [1.54, 1.807) is 23.1 Å². The Morgan fingerprint density at radius 2 is 2.13 bits per heavy atom. The van der Waals surface area contributed by atoms with Crippen LogP contribution in [0.2, 0.25) is 10.0 Å². The van der Waals surface area contributed by atoms with E-state index in [0.29, 0.717) is 34.4 Å². The average Bonchev–Trinajstić information content (AvgIpc) is 2.96. The van der Waals surface area contributed by atoms with E-state index in [9.17, 15) is 4.79 Å². The number of rotatable bonds is 2. The van der Waals surface area contributed by atoms with Gasteiger partial charge in [0.15, 0.2) is 5.82 Å². The molecule has 1 aromatic carbocycles. The summed E-state index contributed by atoms with van der Waals surface area (Å²) in [7, 11) is 0. The molecule has 1 aliphatic rings. The highest BCUT2D eigenvalue weighted by Crippen LogP contribution is 2.34. The highest BCUT2D eigenvalue weighted by molar-refractivity contribution is 6.43. The number of nitrogens with zero attached hydrogens (tertiary/aromatic N) is 3. The Hall–Kier alpha value is -1.89. The Bertz CT molecular complexity index is 768. The van der Waals surface area contributed by atoms with Gasteiger partial charge in [0.05, 0.1) is 16.2 Å².